The van der Waals surface area contributed by atoms with Crippen LogP contribution in [0.15, 0.2) is 12.7 Å². The van der Waals surface area contributed by atoms with Gasteiger partial charge in [-0.15, -0.1) is 6.58 Å². The summed E-state index contributed by atoms with van der Waals surface area (Å²) in [5, 5.41) is 9.67. The summed E-state index contributed by atoms with van der Waals surface area (Å²) in [5.74, 6) is 0.562. The lowest BCUT2D eigenvalue weighted by Crippen LogP contribution is -2.22. The Morgan fingerprint density at radius 3 is 2.31 bits per heavy atom. The Labute approximate surface area is 82.9 Å². The highest BCUT2D eigenvalue weighted by Crippen LogP contribution is 2.29. The minimum atomic E-state index is -0.160. The fourth-order valence-corrected chi connectivity index (χ4v) is 1.19. The summed E-state index contributed by atoms with van der Waals surface area (Å²) in [6.45, 7) is 12.5. The summed E-state index contributed by atoms with van der Waals surface area (Å²) in [5.41, 5.74) is 0.301. The van der Waals surface area contributed by atoms with Crippen molar-refractivity contribution in [1.82, 2.24) is 0 Å². The minimum Gasteiger partial charge on any atom is -0.393 e. The molecule has 0 bridgehead atoms. The molecule has 1 N–H and O–H groups in total. The van der Waals surface area contributed by atoms with Crippen LogP contribution in [0.1, 0.15) is 47.0 Å². The standard InChI is InChI=1S/C12H24O/c1-6-7-8-11(13)9-10(2)12(3,4)5/h6,10-11,13H,1,7-9H2,2-5H3. The lowest BCUT2D eigenvalue weighted by molar-refractivity contribution is 0.104. The van der Waals surface area contributed by atoms with Crippen LogP contribution >= 0.6 is 0 Å². The summed E-state index contributed by atoms with van der Waals surface area (Å²) < 4.78 is 0. The Balaban J connectivity index is 3.77. The molecule has 0 aromatic heterocycles. The summed E-state index contributed by atoms with van der Waals surface area (Å²) in [7, 11) is 0. The Bertz CT molecular complexity index is 144. The normalized spacial score (nSPS) is 16.7. The molecule has 0 amide bonds. The monoisotopic (exact) mass is 184 g/mol. The molecule has 0 spiro atoms. The maximum Gasteiger partial charge on any atom is 0.0546 e. The molecular formula is C12H24O. The van der Waals surface area contributed by atoms with E-state index in [4.69, 9.17) is 0 Å². The molecule has 0 saturated carbocycles. The third-order valence-corrected chi connectivity index (χ3v) is 2.81. The van der Waals surface area contributed by atoms with Crippen LogP contribution < -0.4 is 0 Å². The fourth-order valence-electron chi connectivity index (χ4n) is 1.19. The molecule has 1 heteroatoms. The second kappa shape index (κ2) is 5.43. The van der Waals surface area contributed by atoms with Gasteiger partial charge >= 0.3 is 0 Å². The molecule has 0 fully saturated rings. The first-order chi connectivity index (χ1) is 5.88. The molecule has 78 valence electrons. The zero-order valence-electron chi connectivity index (χ0n) is 9.51. The Kier molecular flexibility index (Phi) is 5.31. The van der Waals surface area contributed by atoms with E-state index in [-0.39, 0.29) is 6.10 Å². The van der Waals surface area contributed by atoms with Crippen LogP contribution in [-0.2, 0) is 0 Å². The zero-order chi connectivity index (χ0) is 10.5. The first-order valence-electron chi connectivity index (χ1n) is 5.17. The van der Waals surface area contributed by atoms with E-state index in [1.807, 2.05) is 6.08 Å². The van der Waals surface area contributed by atoms with Gasteiger partial charge < -0.3 is 5.11 Å². The quantitative estimate of drug-likeness (QED) is 0.649. The van der Waals surface area contributed by atoms with Gasteiger partial charge in [0, 0.05) is 0 Å². The zero-order valence-corrected chi connectivity index (χ0v) is 9.51. The average molecular weight is 184 g/mol. The van der Waals surface area contributed by atoms with Crippen molar-refractivity contribution in [1.29, 1.82) is 0 Å². The predicted octanol–water partition coefficient (Wildman–Crippen LogP) is 3.39. The van der Waals surface area contributed by atoms with E-state index < -0.39 is 0 Å². The molecule has 1 nitrogen and oxygen atoms in total. The highest BCUT2D eigenvalue weighted by atomic mass is 16.3. The topological polar surface area (TPSA) is 20.2 Å². The number of aliphatic hydroxyl groups is 1. The third kappa shape index (κ3) is 5.87. The van der Waals surface area contributed by atoms with Crippen molar-refractivity contribution in [2.75, 3.05) is 0 Å². The smallest absolute Gasteiger partial charge is 0.0546 e. The van der Waals surface area contributed by atoms with Crippen molar-refractivity contribution in [3.63, 3.8) is 0 Å². The van der Waals surface area contributed by atoms with Crippen molar-refractivity contribution >= 4 is 0 Å². The van der Waals surface area contributed by atoms with Crippen molar-refractivity contribution in [3.05, 3.63) is 12.7 Å². The maximum atomic E-state index is 9.67. The fraction of sp³-hybridized carbons (Fsp3) is 0.833. The van der Waals surface area contributed by atoms with Gasteiger partial charge in [-0.1, -0.05) is 33.8 Å². The number of aliphatic hydroxyl groups excluding tert-OH is 1. The SMILES string of the molecule is C=CCCC(O)CC(C)C(C)(C)C. The van der Waals surface area contributed by atoms with Gasteiger partial charge in [0.1, 0.15) is 0 Å². The molecule has 2 atom stereocenters. The van der Waals surface area contributed by atoms with Crippen molar-refractivity contribution in [3.8, 4) is 0 Å². The van der Waals surface area contributed by atoms with Gasteiger partial charge in [0.05, 0.1) is 6.10 Å². The van der Waals surface area contributed by atoms with E-state index in [2.05, 4.69) is 34.3 Å². The van der Waals surface area contributed by atoms with E-state index >= 15 is 0 Å². The largest absolute Gasteiger partial charge is 0.393 e. The highest BCUT2D eigenvalue weighted by molar-refractivity contribution is 4.75. The van der Waals surface area contributed by atoms with Crippen molar-refractivity contribution in [2.24, 2.45) is 11.3 Å². The van der Waals surface area contributed by atoms with Gasteiger partial charge in [0.2, 0.25) is 0 Å². The number of hydrogen-bond donors (Lipinski definition) is 1. The summed E-state index contributed by atoms with van der Waals surface area (Å²) in [6, 6.07) is 0. The molecule has 0 aliphatic carbocycles. The van der Waals surface area contributed by atoms with Gasteiger partial charge in [-0.2, -0.15) is 0 Å². The molecule has 13 heavy (non-hydrogen) atoms. The van der Waals surface area contributed by atoms with Gasteiger partial charge in [0.25, 0.3) is 0 Å². The number of hydrogen-bond acceptors (Lipinski definition) is 1. The average Bonchev–Trinajstić information content (AvgIpc) is 1.99. The van der Waals surface area contributed by atoms with Crippen LogP contribution in [0, 0.1) is 11.3 Å². The van der Waals surface area contributed by atoms with Crippen LogP contribution in [0.2, 0.25) is 0 Å². The van der Waals surface area contributed by atoms with Crippen molar-refractivity contribution < 1.29 is 5.11 Å². The molecule has 0 saturated heterocycles. The van der Waals surface area contributed by atoms with Gasteiger partial charge in [-0.3, -0.25) is 0 Å². The molecule has 0 aliphatic heterocycles. The van der Waals surface area contributed by atoms with Crippen LogP contribution in [0.5, 0.6) is 0 Å². The van der Waals surface area contributed by atoms with E-state index in [1.54, 1.807) is 0 Å². The maximum absolute atomic E-state index is 9.67. The van der Waals surface area contributed by atoms with E-state index in [0.29, 0.717) is 11.3 Å². The molecule has 0 aromatic rings. The summed E-state index contributed by atoms with van der Waals surface area (Å²) >= 11 is 0. The molecule has 0 heterocycles. The molecule has 0 rings (SSSR count). The minimum absolute atomic E-state index is 0.160. The lowest BCUT2D eigenvalue weighted by atomic mass is 9.78. The van der Waals surface area contributed by atoms with Crippen molar-refractivity contribution in [2.45, 2.75) is 53.1 Å². The Morgan fingerprint density at radius 1 is 1.38 bits per heavy atom. The van der Waals surface area contributed by atoms with E-state index in [0.717, 1.165) is 19.3 Å². The number of rotatable bonds is 5. The lowest BCUT2D eigenvalue weighted by Gasteiger charge is -2.29. The Hall–Kier alpha value is -0.300. The molecule has 0 radical (unpaired) electrons. The molecule has 2 unspecified atom stereocenters. The van der Waals surface area contributed by atoms with Gasteiger partial charge in [-0.05, 0) is 30.6 Å². The van der Waals surface area contributed by atoms with E-state index in [1.165, 1.54) is 0 Å². The summed E-state index contributed by atoms with van der Waals surface area (Å²) in [6.07, 6.45) is 4.37. The third-order valence-electron chi connectivity index (χ3n) is 2.81. The highest BCUT2D eigenvalue weighted by Gasteiger charge is 2.22. The van der Waals surface area contributed by atoms with E-state index in [9.17, 15) is 5.11 Å². The first-order valence-corrected chi connectivity index (χ1v) is 5.17. The summed E-state index contributed by atoms with van der Waals surface area (Å²) in [4.78, 5) is 0. The van der Waals surface area contributed by atoms with Crippen LogP contribution in [0.25, 0.3) is 0 Å². The van der Waals surface area contributed by atoms with Gasteiger partial charge in [0.15, 0.2) is 0 Å². The number of allylic oxidation sites excluding steroid dienone is 1. The second-order valence-corrected chi connectivity index (χ2v) is 5.02. The van der Waals surface area contributed by atoms with Crippen LogP contribution in [0.3, 0.4) is 0 Å². The Morgan fingerprint density at radius 2 is 1.92 bits per heavy atom. The van der Waals surface area contributed by atoms with Crippen LogP contribution in [-0.4, -0.2) is 11.2 Å². The molecule has 0 aliphatic rings. The predicted molar refractivity (Wildman–Crippen MR) is 58.7 cm³/mol. The molecule has 0 aromatic carbocycles. The first kappa shape index (κ1) is 12.7. The van der Waals surface area contributed by atoms with Crippen LogP contribution in [0.4, 0.5) is 0 Å². The van der Waals surface area contributed by atoms with Gasteiger partial charge in [-0.25, -0.2) is 0 Å². The molecular weight excluding hydrogens is 160 g/mol. The second-order valence-electron chi connectivity index (χ2n) is 5.02.